The van der Waals surface area contributed by atoms with Gasteiger partial charge in [-0.25, -0.2) is 13.4 Å². The third-order valence-corrected chi connectivity index (χ3v) is 8.54. The van der Waals surface area contributed by atoms with Gasteiger partial charge in [-0.15, -0.1) is 0 Å². The molecule has 3 heterocycles. The van der Waals surface area contributed by atoms with E-state index in [0.29, 0.717) is 37.7 Å². The molecule has 176 valence electrons. The fourth-order valence-electron chi connectivity index (χ4n) is 4.44. The summed E-state index contributed by atoms with van der Waals surface area (Å²) >= 11 is 6.14. The van der Waals surface area contributed by atoms with Crippen molar-refractivity contribution in [3.63, 3.8) is 0 Å². The number of pyridine rings is 1. The number of rotatable bonds is 6. The minimum Gasteiger partial charge on any atom is -0.301 e. The Labute approximate surface area is 205 Å². The number of sulfonamides is 1. The summed E-state index contributed by atoms with van der Waals surface area (Å²) < 4.78 is 28.3. The van der Waals surface area contributed by atoms with Gasteiger partial charge in [0, 0.05) is 49.5 Å². The Bertz CT molecular complexity index is 1390. The van der Waals surface area contributed by atoms with Gasteiger partial charge in [-0.1, -0.05) is 54.1 Å². The number of nitrogens with zero attached hydrogens (tertiary/aromatic N) is 4. The smallest absolute Gasteiger partial charge is 0.213 e. The van der Waals surface area contributed by atoms with Crippen LogP contribution in [0.1, 0.15) is 12.6 Å². The summed E-state index contributed by atoms with van der Waals surface area (Å²) in [7, 11) is -3.16. The number of imidazole rings is 1. The van der Waals surface area contributed by atoms with Crippen LogP contribution >= 0.6 is 11.6 Å². The summed E-state index contributed by atoms with van der Waals surface area (Å²) in [5.41, 5.74) is 6.17. The number of piperazine rings is 1. The van der Waals surface area contributed by atoms with Gasteiger partial charge in [-0.3, -0.25) is 4.90 Å². The van der Waals surface area contributed by atoms with Crippen LogP contribution in [0, 0.1) is 0 Å². The van der Waals surface area contributed by atoms with Gasteiger partial charge < -0.3 is 4.40 Å². The highest BCUT2D eigenvalue weighted by Gasteiger charge is 2.27. The first-order valence-corrected chi connectivity index (χ1v) is 13.5. The molecule has 0 unspecified atom stereocenters. The minimum absolute atomic E-state index is 0.142. The van der Waals surface area contributed by atoms with Gasteiger partial charge in [0.25, 0.3) is 0 Å². The van der Waals surface area contributed by atoms with Crippen LogP contribution in [0.5, 0.6) is 0 Å². The number of halogens is 1. The molecule has 1 aliphatic heterocycles. The summed E-state index contributed by atoms with van der Waals surface area (Å²) in [6, 6.07) is 22.2. The second-order valence-corrected chi connectivity index (χ2v) is 11.2. The maximum atomic E-state index is 12.3. The average molecular weight is 495 g/mol. The van der Waals surface area contributed by atoms with Crippen LogP contribution in [-0.4, -0.2) is 58.9 Å². The molecule has 0 radical (unpaired) electrons. The molecule has 0 atom stereocenters. The Morgan fingerprint density at radius 1 is 0.853 bits per heavy atom. The second-order valence-electron chi connectivity index (χ2n) is 8.50. The van der Waals surface area contributed by atoms with E-state index in [-0.39, 0.29) is 5.75 Å². The van der Waals surface area contributed by atoms with E-state index in [1.807, 2.05) is 42.5 Å². The average Bonchev–Trinajstić information content (AvgIpc) is 3.23. The first-order valence-electron chi connectivity index (χ1n) is 11.5. The number of benzene rings is 2. The maximum Gasteiger partial charge on any atom is 0.213 e. The summed E-state index contributed by atoms with van der Waals surface area (Å²) in [6.07, 6.45) is 2.14. The molecule has 2 aromatic carbocycles. The van der Waals surface area contributed by atoms with E-state index in [2.05, 4.69) is 39.8 Å². The molecule has 34 heavy (non-hydrogen) atoms. The normalized spacial score (nSPS) is 15.7. The highest BCUT2D eigenvalue weighted by Crippen LogP contribution is 2.29. The van der Waals surface area contributed by atoms with Crippen molar-refractivity contribution in [3.05, 3.63) is 83.6 Å². The molecule has 2 aromatic heterocycles. The molecule has 5 rings (SSSR count). The predicted molar refractivity (Wildman–Crippen MR) is 137 cm³/mol. The number of aromatic nitrogens is 2. The molecule has 0 bridgehead atoms. The lowest BCUT2D eigenvalue weighted by Gasteiger charge is -2.33. The highest BCUT2D eigenvalue weighted by molar-refractivity contribution is 7.89. The molecule has 0 N–H and O–H groups in total. The van der Waals surface area contributed by atoms with Crippen LogP contribution in [-0.2, 0) is 16.6 Å². The summed E-state index contributed by atoms with van der Waals surface area (Å²) in [5, 5.41) is 0.689. The van der Waals surface area contributed by atoms with Crippen molar-refractivity contribution in [3.8, 4) is 22.4 Å². The molecular weight excluding hydrogens is 468 g/mol. The van der Waals surface area contributed by atoms with Gasteiger partial charge in [0.2, 0.25) is 10.0 Å². The molecule has 4 aromatic rings. The molecule has 1 saturated heterocycles. The predicted octanol–water partition coefficient (Wildman–Crippen LogP) is 4.79. The topological polar surface area (TPSA) is 57.9 Å². The van der Waals surface area contributed by atoms with Gasteiger partial charge in [-0.2, -0.15) is 4.31 Å². The van der Waals surface area contributed by atoms with Crippen LogP contribution in [0.2, 0.25) is 5.02 Å². The third-order valence-electron chi connectivity index (χ3n) is 6.41. The lowest BCUT2D eigenvalue weighted by atomic mass is 10.1. The zero-order chi connectivity index (χ0) is 23.7. The van der Waals surface area contributed by atoms with Crippen molar-refractivity contribution in [1.29, 1.82) is 0 Å². The van der Waals surface area contributed by atoms with Crippen LogP contribution in [0.15, 0.2) is 72.9 Å². The SMILES string of the molecule is CCS(=O)(=O)N1CCN(Cc2c(-c3ccc(Cl)cc3)nc3ccc(-c4ccccc4)cn23)CC1. The number of hydrogen-bond donors (Lipinski definition) is 0. The zero-order valence-corrected chi connectivity index (χ0v) is 20.6. The fraction of sp³-hybridized carbons (Fsp3) is 0.269. The molecular formula is C26H27ClN4O2S. The van der Waals surface area contributed by atoms with Crippen molar-refractivity contribution in [2.75, 3.05) is 31.9 Å². The largest absolute Gasteiger partial charge is 0.301 e. The first kappa shape index (κ1) is 23.1. The van der Waals surface area contributed by atoms with Crippen molar-refractivity contribution in [1.82, 2.24) is 18.6 Å². The fourth-order valence-corrected chi connectivity index (χ4v) is 5.66. The van der Waals surface area contributed by atoms with E-state index in [1.165, 1.54) is 0 Å². The van der Waals surface area contributed by atoms with Crippen LogP contribution in [0.3, 0.4) is 0 Å². The quantitative estimate of drug-likeness (QED) is 0.387. The van der Waals surface area contributed by atoms with E-state index >= 15 is 0 Å². The lowest BCUT2D eigenvalue weighted by molar-refractivity contribution is 0.180. The molecule has 0 aliphatic carbocycles. The highest BCUT2D eigenvalue weighted by atomic mass is 35.5. The van der Waals surface area contributed by atoms with Gasteiger partial charge in [-0.05, 0) is 42.3 Å². The van der Waals surface area contributed by atoms with Gasteiger partial charge >= 0.3 is 0 Å². The molecule has 8 heteroatoms. The van der Waals surface area contributed by atoms with Gasteiger partial charge in [0.1, 0.15) is 5.65 Å². The molecule has 0 amide bonds. The monoisotopic (exact) mass is 494 g/mol. The molecule has 0 spiro atoms. The van der Waals surface area contributed by atoms with Crippen molar-refractivity contribution >= 4 is 27.3 Å². The van der Waals surface area contributed by atoms with E-state index < -0.39 is 10.0 Å². The van der Waals surface area contributed by atoms with Crippen molar-refractivity contribution < 1.29 is 8.42 Å². The van der Waals surface area contributed by atoms with Crippen LogP contribution < -0.4 is 0 Å². The van der Waals surface area contributed by atoms with E-state index in [4.69, 9.17) is 16.6 Å². The van der Waals surface area contributed by atoms with Crippen molar-refractivity contribution in [2.45, 2.75) is 13.5 Å². The van der Waals surface area contributed by atoms with E-state index in [9.17, 15) is 8.42 Å². The zero-order valence-electron chi connectivity index (χ0n) is 19.1. The Balaban J connectivity index is 1.52. The summed E-state index contributed by atoms with van der Waals surface area (Å²) in [4.78, 5) is 7.27. The molecule has 1 aliphatic rings. The van der Waals surface area contributed by atoms with E-state index in [1.54, 1.807) is 11.2 Å². The van der Waals surface area contributed by atoms with Gasteiger partial charge in [0.05, 0.1) is 17.1 Å². The minimum atomic E-state index is -3.16. The van der Waals surface area contributed by atoms with Gasteiger partial charge in [0.15, 0.2) is 0 Å². The third kappa shape index (κ3) is 4.61. The Hall–Kier alpha value is -2.71. The summed E-state index contributed by atoms with van der Waals surface area (Å²) in [5.74, 6) is 0.142. The summed E-state index contributed by atoms with van der Waals surface area (Å²) in [6.45, 7) is 4.77. The molecule has 6 nitrogen and oxygen atoms in total. The standard InChI is InChI=1S/C26H27ClN4O2S/c1-2-34(32,33)30-16-14-29(15-17-30)19-24-26(21-8-11-23(27)12-9-21)28-25-13-10-22(18-31(24)25)20-6-4-3-5-7-20/h3-13,18H,2,14-17,19H2,1H3. The molecule has 1 fully saturated rings. The Morgan fingerprint density at radius 3 is 2.21 bits per heavy atom. The maximum absolute atomic E-state index is 12.3. The number of fused-ring (bicyclic) bond motifs is 1. The first-order chi connectivity index (χ1) is 16.4. The Morgan fingerprint density at radius 2 is 1.53 bits per heavy atom. The van der Waals surface area contributed by atoms with Crippen LogP contribution in [0.25, 0.3) is 28.0 Å². The molecule has 0 saturated carbocycles. The van der Waals surface area contributed by atoms with Crippen LogP contribution in [0.4, 0.5) is 0 Å². The van der Waals surface area contributed by atoms with E-state index in [0.717, 1.165) is 33.7 Å². The Kier molecular flexibility index (Phi) is 6.44. The lowest BCUT2D eigenvalue weighted by Crippen LogP contribution is -2.48. The second kappa shape index (κ2) is 9.50. The van der Waals surface area contributed by atoms with Crippen molar-refractivity contribution in [2.24, 2.45) is 0 Å². The number of hydrogen-bond acceptors (Lipinski definition) is 4.